The highest BCUT2D eigenvalue weighted by Crippen LogP contribution is 2.21. The van der Waals surface area contributed by atoms with Gasteiger partial charge in [-0.1, -0.05) is 6.07 Å². The highest BCUT2D eigenvalue weighted by Gasteiger charge is 2.13. The summed E-state index contributed by atoms with van der Waals surface area (Å²) in [6, 6.07) is 5.44. The van der Waals surface area contributed by atoms with E-state index >= 15 is 0 Å². The molecule has 0 N–H and O–H groups in total. The van der Waals surface area contributed by atoms with Crippen molar-refractivity contribution in [2.24, 2.45) is 17.0 Å². The monoisotopic (exact) mass is 277 g/mol. The number of aryl methyl sites for hydroxylation is 2. The molecule has 0 bridgehead atoms. The van der Waals surface area contributed by atoms with Crippen LogP contribution in [-0.4, -0.2) is 20.8 Å². The van der Waals surface area contributed by atoms with Crippen LogP contribution in [0.15, 0.2) is 40.6 Å². The first-order chi connectivity index (χ1) is 10.1. The number of aromatic nitrogens is 3. The maximum absolute atomic E-state index is 11.5. The SMILES string of the molecule is Cc1nc2ccc(-c3cnn(C)c3)cc2c2c1=NC(=O)N=2. The molecule has 102 valence electrons. The molecule has 3 aromatic rings. The van der Waals surface area contributed by atoms with Gasteiger partial charge in [0.05, 0.1) is 17.4 Å². The van der Waals surface area contributed by atoms with E-state index in [-0.39, 0.29) is 0 Å². The third-order valence-electron chi connectivity index (χ3n) is 3.56. The van der Waals surface area contributed by atoms with E-state index in [0.29, 0.717) is 10.7 Å². The van der Waals surface area contributed by atoms with E-state index < -0.39 is 6.03 Å². The van der Waals surface area contributed by atoms with Crippen LogP contribution in [0.2, 0.25) is 0 Å². The second-order valence-corrected chi connectivity index (χ2v) is 5.04. The van der Waals surface area contributed by atoms with Crippen LogP contribution in [0, 0.1) is 6.92 Å². The summed E-state index contributed by atoms with van der Waals surface area (Å²) in [5.41, 5.74) is 3.56. The summed E-state index contributed by atoms with van der Waals surface area (Å²) in [6.07, 6.45) is 3.74. The molecule has 6 nitrogen and oxygen atoms in total. The predicted molar refractivity (Wildman–Crippen MR) is 76.4 cm³/mol. The highest BCUT2D eigenvalue weighted by atomic mass is 16.2. The van der Waals surface area contributed by atoms with Gasteiger partial charge in [-0.2, -0.15) is 15.1 Å². The van der Waals surface area contributed by atoms with Gasteiger partial charge in [-0.25, -0.2) is 4.79 Å². The summed E-state index contributed by atoms with van der Waals surface area (Å²) in [5, 5.41) is 6.21. The summed E-state index contributed by atoms with van der Waals surface area (Å²) >= 11 is 0. The number of urea groups is 1. The Morgan fingerprint density at radius 3 is 2.67 bits per heavy atom. The molecule has 0 spiro atoms. The first-order valence-corrected chi connectivity index (χ1v) is 6.52. The van der Waals surface area contributed by atoms with Gasteiger partial charge >= 0.3 is 6.03 Å². The summed E-state index contributed by atoms with van der Waals surface area (Å²) < 4.78 is 1.75. The van der Waals surface area contributed by atoms with Gasteiger partial charge in [0.2, 0.25) is 0 Å². The van der Waals surface area contributed by atoms with E-state index in [2.05, 4.69) is 20.1 Å². The molecule has 2 amide bonds. The van der Waals surface area contributed by atoms with Crippen molar-refractivity contribution in [2.75, 3.05) is 0 Å². The minimum absolute atomic E-state index is 0.464. The summed E-state index contributed by atoms with van der Waals surface area (Å²) in [6.45, 7) is 1.84. The molecule has 0 saturated heterocycles. The van der Waals surface area contributed by atoms with Crippen molar-refractivity contribution in [3.63, 3.8) is 0 Å². The van der Waals surface area contributed by atoms with Crippen LogP contribution < -0.4 is 10.7 Å². The van der Waals surface area contributed by atoms with Crippen LogP contribution >= 0.6 is 0 Å². The number of nitrogens with zero attached hydrogens (tertiary/aromatic N) is 5. The van der Waals surface area contributed by atoms with E-state index in [1.54, 1.807) is 10.9 Å². The predicted octanol–water partition coefficient (Wildman–Crippen LogP) is 1.32. The number of carbonyl (C=O) groups excluding carboxylic acids is 1. The van der Waals surface area contributed by atoms with Gasteiger partial charge < -0.3 is 0 Å². The third-order valence-corrected chi connectivity index (χ3v) is 3.56. The first-order valence-electron chi connectivity index (χ1n) is 6.52. The lowest BCUT2D eigenvalue weighted by Crippen LogP contribution is -2.27. The second kappa shape index (κ2) is 4.05. The lowest BCUT2D eigenvalue weighted by molar-refractivity contribution is 0.256. The lowest BCUT2D eigenvalue weighted by Gasteiger charge is -2.02. The molecule has 0 radical (unpaired) electrons. The van der Waals surface area contributed by atoms with E-state index in [9.17, 15) is 4.79 Å². The Hall–Kier alpha value is -2.89. The minimum Gasteiger partial charge on any atom is -0.275 e. The van der Waals surface area contributed by atoms with Crippen LogP contribution in [-0.2, 0) is 7.05 Å². The molecule has 1 aromatic carbocycles. The zero-order valence-electron chi connectivity index (χ0n) is 11.5. The van der Waals surface area contributed by atoms with Gasteiger partial charge in [0.1, 0.15) is 10.7 Å². The Morgan fingerprint density at radius 2 is 1.90 bits per heavy atom. The maximum atomic E-state index is 11.5. The Labute approximate surface area is 119 Å². The Morgan fingerprint density at radius 1 is 1.10 bits per heavy atom. The average molecular weight is 277 g/mol. The maximum Gasteiger partial charge on any atom is 0.368 e. The van der Waals surface area contributed by atoms with Crippen molar-refractivity contribution in [2.45, 2.75) is 6.92 Å². The molecule has 0 unspecified atom stereocenters. The van der Waals surface area contributed by atoms with Crippen molar-refractivity contribution in [3.05, 3.63) is 47.0 Å². The van der Waals surface area contributed by atoms with Crippen molar-refractivity contribution < 1.29 is 4.79 Å². The third kappa shape index (κ3) is 1.76. The molecule has 0 saturated carbocycles. The van der Waals surface area contributed by atoms with Crippen molar-refractivity contribution >= 4 is 16.9 Å². The lowest BCUT2D eigenvalue weighted by atomic mass is 10.1. The largest absolute Gasteiger partial charge is 0.368 e. The van der Waals surface area contributed by atoms with E-state index in [4.69, 9.17) is 0 Å². The number of carbonyl (C=O) groups is 1. The number of hydrogen-bond donors (Lipinski definition) is 0. The molecule has 21 heavy (non-hydrogen) atoms. The number of benzene rings is 1. The number of fused-ring (bicyclic) bond motifs is 3. The fraction of sp³-hybridized carbons (Fsp3) is 0.133. The fourth-order valence-corrected chi connectivity index (χ4v) is 2.57. The second-order valence-electron chi connectivity index (χ2n) is 5.04. The van der Waals surface area contributed by atoms with Gasteiger partial charge in [0.25, 0.3) is 0 Å². The molecule has 6 heteroatoms. The molecular formula is C15H11N5O. The molecule has 0 aliphatic carbocycles. The van der Waals surface area contributed by atoms with Crippen molar-refractivity contribution in [1.82, 2.24) is 14.8 Å². The minimum atomic E-state index is -0.464. The Balaban J connectivity index is 2.08. The standard InChI is InChI=1S/C15H11N5O/c1-8-13-14(19-15(21)18-13)11-5-9(3-4-12(11)17-8)10-6-16-20(2)7-10/h3-7H,1-2H3. The average Bonchev–Trinajstić information content (AvgIpc) is 3.05. The normalized spacial score (nSPS) is 13.1. The molecule has 4 rings (SSSR count). The van der Waals surface area contributed by atoms with Gasteiger partial charge in [0.15, 0.2) is 0 Å². The molecular weight excluding hydrogens is 266 g/mol. The van der Waals surface area contributed by atoms with Crippen LogP contribution in [0.1, 0.15) is 5.69 Å². The Bertz CT molecular complexity index is 1030. The van der Waals surface area contributed by atoms with E-state index in [1.807, 2.05) is 38.4 Å². The zero-order chi connectivity index (χ0) is 14.6. The van der Waals surface area contributed by atoms with Crippen LogP contribution in [0.5, 0.6) is 0 Å². The first kappa shape index (κ1) is 11.9. The van der Waals surface area contributed by atoms with Gasteiger partial charge in [0, 0.05) is 24.2 Å². The molecule has 2 aromatic heterocycles. The van der Waals surface area contributed by atoms with E-state index in [1.165, 1.54) is 0 Å². The van der Waals surface area contributed by atoms with Gasteiger partial charge in [-0.3, -0.25) is 9.67 Å². The molecule has 0 atom stereocenters. The molecule has 1 aliphatic rings. The summed E-state index contributed by atoms with van der Waals surface area (Å²) in [5.74, 6) is 0. The van der Waals surface area contributed by atoms with E-state index in [0.717, 1.165) is 27.7 Å². The van der Waals surface area contributed by atoms with Crippen LogP contribution in [0.3, 0.4) is 0 Å². The molecule has 0 fully saturated rings. The number of rotatable bonds is 1. The van der Waals surface area contributed by atoms with Gasteiger partial charge in [-0.15, -0.1) is 0 Å². The number of hydrogen-bond acceptors (Lipinski definition) is 3. The topological polar surface area (TPSA) is 72.5 Å². The number of amides is 2. The van der Waals surface area contributed by atoms with Crippen LogP contribution in [0.25, 0.3) is 22.0 Å². The van der Waals surface area contributed by atoms with Gasteiger partial charge in [-0.05, 0) is 24.6 Å². The number of pyridine rings is 1. The summed E-state index contributed by atoms with van der Waals surface area (Å²) in [4.78, 5) is 23.9. The fourth-order valence-electron chi connectivity index (χ4n) is 2.57. The quantitative estimate of drug-likeness (QED) is 0.673. The smallest absolute Gasteiger partial charge is 0.275 e. The van der Waals surface area contributed by atoms with Crippen molar-refractivity contribution in [1.29, 1.82) is 0 Å². The summed E-state index contributed by atoms with van der Waals surface area (Å²) in [7, 11) is 1.88. The molecule has 1 aliphatic heterocycles. The zero-order valence-corrected chi connectivity index (χ0v) is 11.5. The Kier molecular flexibility index (Phi) is 2.29. The van der Waals surface area contributed by atoms with Crippen LogP contribution in [0.4, 0.5) is 4.79 Å². The van der Waals surface area contributed by atoms with Crippen molar-refractivity contribution in [3.8, 4) is 11.1 Å². The molecule has 3 heterocycles. The highest BCUT2D eigenvalue weighted by molar-refractivity contribution is 5.87.